The lowest BCUT2D eigenvalue weighted by Crippen LogP contribution is -2.25. The SMILES string of the molecule is Cc1cccc(C(=O)Oc2ccc(Br)cc2C=NNC(=O)C(O)c2ccccc2)c1. The third-order valence-corrected chi connectivity index (χ3v) is 4.66. The Hall–Kier alpha value is -3.29. The summed E-state index contributed by atoms with van der Waals surface area (Å²) in [7, 11) is 0. The van der Waals surface area contributed by atoms with Crippen molar-refractivity contribution in [3.05, 3.63) is 99.5 Å². The molecule has 0 spiro atoms. The van der Waals surface area contributed by atoms with E-state index in [4.69, 9.17) is 4.74 Å². The van der Waals surface area contributed by atoms with Crippen molar-refractivity contribution in [2.24, 2.45) is 5.10 Å². The Labute approximate surface area is 182 Å². The number of esters is 1. The van der Waals surface area contributed by atoms with Crippen LogP contribution in [0, 0.1) is 6.92 Å². The quantitative estimate of drug-likeness (QED) is 0.247. The summed E-state index contributed by atoms with van der Waals surface area (Å²) in [5.41, 5.74) is 4.60. The molecule has 1 unspecified atom stereocenters. The van der Waals surface area contributed by atoms with Gasteiger partial charge in [0.1, 0.15) is 5.75 Å². The van der Waals surface area contributed by atoms with E-state index in [1.54, 1.807) is 66.7 Å². The Morgan fingerprint density at radius 2 is 1.83 bits per heavy atom. The first-order valence-electron chi connectivity index (χ1n) is 9.08. The van der Waals surface area contributed by atoms with Crippen molar-refractivity contribution < 1.29 is 19.4 Å². The third-order valence-electron chi connectivity index (χ3n) is 4.17. The number of aliphatic hydroxyl groups excluding tert-OH is 1. The van der Waals surface area contributed by atoms with Gasteiger partial charge in [-0.1, -0.05) is 64.0 Å². The maximum Gasteiger partial charge on any atom is 0.343 e. The van der Waals surface area contributed by atoms with Crippen LogP contribution in [0.5, 0.6) is 5.75 Å². The number of amides is 1. The highest BCUT2D eigenvalue weighted by molar-refractivity contribution is 9.10. The van der Waals surface area contributed by atoms with Crippen molar-refractivity contribution in [2.75, 3.05) is 0 Å². The van der Waals surface area contributed by atoms with E-state index in [1.807, 2.05) is 13.0 Å². The Kier molecular flexibility index (Phi) is 7.11. The fraction of sp³-hybridized carbons (Fsp3) is 0.0870. The van der Waals surface area contributed by atoms with E-state index in [2.05, 4.69) is 26.5 Å². The van der Waals surface area contributed by atoms with E-state index < -0.39 is 18.0 Å². The average molecular weight is 467 g/mol. The van der Waals surface area contributed by atoms with Crippen molar-refractivity contribution in [3.63, 3.8) is 0 Å². The number of nitrogens with one attached hydrogen (secondary N) is 1. The minimum absolute atomic E-state index is 0.284. The molecule has 3 aromatic rings. The molecule has 6 nitrogen and oxygen atoms in total. The predicted molar refractivity (Wildman–Crippen MR) is 117 cm³/mol. The summed E-state index contributed by atoms with van der Waals surface area (Å²) in [6.07, 6.45) is 0.00338. The van der Waals surface area contributed by atoms with Gasteiger partial charge in [-0.15, -0.1) is 0 Å². The minimum Gasteiger partial charge on any atom is -0.422 e. The van der Waals surface area contributed by atoms with Crippen LogP contribution in [0.1, 0.15) is 33.2 Å². The molecule has 0 bridgehead atoms. The van der Waals surface area contributed by atoms with Crippen LogP contribution in [-0.2, 0) is 4.79 Å². The van der Waals surface area contributed by atoms with Crippen LogP contribution in [0.25, 0.3) is 0 Å². The predicted octanol–water partition coefficient (Wildman–Crippen LogP) is 4.16. The Morgan fingerprint density at radius 3 is 2.57 bits per heavy atom. The minimum atomic E-state index is -1.34. The van der Waals surface area contributed by atoms with Crippen LogP contribution in [0.2, 0.25) is 0 Å². The van der Waals surface area contributed by atoms with E-state index in [0.29, 0.717) is 16.7 Å². The standard InChI is InChI=1S/C23H19BrN2O4/c1-15-6-5-9-17(12-15)23(29)30-20-11-10-19(24)13-18(20)14-25-26-22(28)21(27)16-7-3-2-4-8-16/h2-14,21,27H,1H3,(H,26,28). The zero-order valence-electron chi connectivity index (χ0n) is 16.1. The zero-order chi connectivity index (χ0) is 21.5. The smallest absolute Gasteiger partial charge is 0.343 e. The van der Waals surface area contributed by atoms with Gasteiger partial charge in [0.2, 0.25) is 0 Å². The fourth-order valence-electron chi connectivity index (χ4n) is 2.66. The maximum atomic E-state index is 12.5. The maximum absolute atomic E-state index is 12.5. The van der Waals surface area contributed by atoms with Crippen LogP contribution >= 0.6 is 15.9 Å². The van der Waals surface area contributed by atoms with Crippen molar-refractivity contribution in [3.8, 4) is 5.75 Å². The van der Waals surface area contributed by atoms with Crippen molar-refractivity contribution in [1.82, 2.24) is 5.43 Å². The number of carbonyl (C=O) groups is 2. The summed E-state index contributed by atoms with van der Waals surface area (Å²) in [6, 6.07) is 20.7. The van der Waals surface area contributed by atoms with Gasteiger partial charge in [-0.05, 0) is 42.8 Å². The molecule has 3 aromatic carbocycles. The van der Waals surface area contributed by atoms with Gasteiger partial charge < -0.3 is 9.84 Å². The van der Waals surface area contributed by atoms with Crippen LogP contribution < -0.4 is 10.2 Å². The van der Waals surface area contributed by atoms with Gasteiger partial charge in [0.05, 0.1) is 11.8 Å². The van der Waals surface area contributed by atoms with Crippen LogP contribution in [0.3, 0.4) is 0 Å². The van der Waals surface area contributed by atoms with E-state index in [-0.39, 0.29) is 5.75 Å². The van der Waals surface area contributed by atoms with E-state index in [0.717, 1.165) is 10.0 Å². The van der Waals surface area contributed by atoms with Crippen molar-refractivity contribution in [2.45, 2.75) is 13.0 Å². The second-order valence-corrected chi connectivity index (χ2v) is 7.40. The van der Waals surface area contributed by atoms with Crippen molar-refractivity contribution in [1.29, 1.82) is 0 Å². The summed E-state index contributed by atoms with van der Waals surface area (Å²) in [5, 5.41) is 14.0. The molecule has 0 radical (unpaired) electrons. The number of hydrazone groups is 1. The van der Waals surface area contributed by atoms with Crippen LogP contribution in [-0.4, -0.2) is 23.2 Å². The molecule has 0 fully saturated rings. The van der Waals surface area contributed by atoms with Gasteiger partial charge in [0.15, 0.2) is 6.10 Å². The molecule has 0 saturated heterocycles. The largest absolute Gasteiger partial charge is 0.422 e. The summed E-state index contributed by atoms with van der Waals surface area (Å²) in [5.74, 6) is -0.892. The van der Waals surface area contributed by atoms with Crippen LogP contribution in [0.4, 0.5) is 0 Å². The lowest BCUT2D eigenvalue weighted by molar-refractivity contribution is -0.129. The van der Waals surface area contributed by atoms with E-state index >= 15 is 0 Å². The molecule has 1 atom stereocenters. The molecule has 1 amide bonds. The number of ether oxygens (including phenoxy) is 1. The summed E-state index contributed by atoms with van der Waals surface area (Å²) in [4.78, 5) is 24.6. The van der Waals surface area contributed by atoms with Gasteiger partial charge in [0.25, 0.3) is 5.91 Å². The molecule has 0 saturated carbocycles. The normalized spacial score (nSPS) is 11.8. The highest BCUT2D eigenvalue weighted by atomic mass is 79.9. The number of aryl methyl sites for hydroxylation is 1. The highest BCUT2D eigenvalue weighted by Gasteiger charge is 2.16. The lowest BCUT2D eigenvalue weighted by Gasteiger charge is -2.10. The molecular weight excluding hydrogens is 448 g/mol. The summed E-state index contributed by atoms with van der Waals surface area (Å²) >= 11 is 3.36. The van der Waals surface area contributed by atoms with Crippen molar-refractivity contribution >= 4 is 34.0 Å². The summed E-state index contributed by atoms with van der Waals surface area (Å²) in [6.45, 7) is 1.89. The van der Waals surface area contributed by atoms with Gasteiger partial charge in [0, 0.05) is 10.0 Å². The number of hydrogen-bond acceptors (Lipinski definition) is 5. The van der Waals surface area contributed by atoms with Gasteiger partial charge in [-0.3, -0.25) is 4.79 Å². The number of benzene rings is 3. The lowest BCUT2D eigenvalue weighted by atomic mass is 10.1. The Balaban J connectivity index is 1.72. The van der Waals surface area contributed by atoms with Crippen LogP contribution in [0.15, 0.2) is 82.4 Å². The molecule has 0 heterocycles. The molecule has 2 N–H and O–H groups in total. The molecule has 30 heavy (non-hydrogen) atoms. The molecule has 152 valence electrons. The second-order valence-electron chi connectivity index (χ2n) is 6.49. The number of carbonyl (C=O) groups excluding carboxylic acids is 2. The average Bonchev–Trinajstić information content (AvgIpc) is 2.75. The molecule has 0 aliphatic rings. The third kappa shape index (κ3) is 5.62. The van der Waals surface area contributed by atoms with Gasteiger partial charge >= 0.3 is 5.97 Å². The number of nitrogens with zero attached hydrogens (tertiary/aromatic N) is 1. The van der Waals surface area contributed by atoms with Gasteiger partial charge in [-0.25, -0.2) is 10.2 Å². The molecule has 0 aliphatic heterocycles. The molecule has 3 rings (SSSR count). The Morgan fingerprint density at radius 1 is 1.07 bits per heavy atom. The van der Waals surface area contributed by atoms with E-state index in [1.165, 1.54) is 6.21 Å². The fourth-order valence-corrected chi connectivity index (χ4v) is 3.04. The zero-order valence-corrected chi connectivity index (χ0v) is 17.7. The van der Waals surface area contributed by atoms with Gasteiger partial charge in [-0.2, -0.15) is 5.10 Å². The number of aliphatic hydroxyl groups is 1. The van der Waals surface area contributed by atoms with E-state index in [9.17, 15) is 14.7 Å². The molecule has 0 aliphatic carbocycles. The first kappa shape index (κ1) is 21.4. The number of hydrogen-bond donors (Lipinski definition) is 2. The Bertz CT molecular complexity index is 1080. The molecule has 0 aromatic heterocycles. The summed E-state index contributed by atoms with van der Waals surface area (Å²) < 4.78 is 6.25. The number of rotatable bonds is 6. The number of halogens is 1. The first-order chi connectivity index (χ1) is 14.4. The first-order valence-corrected chi connectivity index (χ1v) is 9.87. The molecule has 7 heteroatoms. The molecular formula is C23H19BrN2O4. The topological polar surface area (TPSA) is 88.0 Å². The second kappa shape index (κ2) is 9.96. The highest BCUT2D eigenvalue weighted by Crippen LogP contribution is 2.23. The monoisotopic (exact) mass is 466 g/mol.